The Morgan fingerprint density at radius 1 is 1.15 bits per heavy atom. The minimum Gasteiger partial charge on any atom is -0.464 e. The molecular weight excluding hydrogens is 461 g/mol. The highest BCUT2D eigenvalue weighted by molar-refractivity contribution is 6.30. The summed E-state index contributed by atoms with van der Waals surface area (Å²) in [6.45, 7) is 7.75. The van der Waals surface area contributed by atoms with Gasteiger partial charge in [0.25, 0.3) is 5.91 Å². The molecule has 1 aliphatic heterocycles. The van der Waals surface area contributed by atoms with Crippen molar-refractivity contribution >= 4 is 35.1 Å². The van der Waals surface area contributed by atoms with Crippen molar-refractivity contribution in [3.8, 4) is 0 Å². The number of carbonyl (C=O) groups is 2. The number of hydrogen-bond donors (Lipinski definition) is 0. The van der Waals surface area contributed by atoms with Gasteiger partial charge in [0, 0.05) is 16.5 Å². The van der Waals surface area contributed by atoms with E-state index in [-0.39, 0.29) is 12.5 Å². The maximum Gasteiger partial charge on any atom is 0.328 e. The third kappa shape index (κ3) is 5.78. The van der Waals surface area contributed by atoms with Crippen LogP contribution in [0.3, 0.4) is 0 Å². The van der Waals surface area contributed by atoms with Gasteiger partial charge < -0.3 is 14.4 Å². The van der Waals surface area contributed by atoms with E-state index < -0.39 is 30.3 Å². The number of nitrogens with zero attached hydrogens (tertiary/aromatic N) is 1. The molecule has 1 fully saturated rings. The Labute approximate surface area is 205 Å². The second-order valence-corrected chi connectivity index (χ2v) is 8.80. The zero-order valence-electron chi connectivity index (χ0n) is 18.9. The summed E-state index contributed by atoms with van der Waals surface area (Å²) < 4.78 is 11.8. The van der Waals surface area contributed by atoms with Gasteiger partial charge >= 0.3 is 5.97 Å². The number of rotatable bonds is 9. The fourth-order valence-corrected chi connectivity index (χ4v) is 4.56. The summed E-state index contributed by atoms with van der Waals surface area (Å²) in [6.07, 6.45) is 1.82. The quantitative estimate of drug-likeness (QED) is 0.305. The van der Waals surface area contributed by atoms with Crippen LogP contribution in [0, 0.1) is 0 Å². The average molecular weight is 490 g/mol. The second kappa shape index (κ2) is 11.7. The van der Waals surface area contributed by atoms with E-state index in [1.54, 1.807) is 36.1 Å². The van der Waals surface area contributed by atoms with Gasteiger partial charge in [-0.1, -0.05) is 66.9 Å². The predicted molar refractivity (Wildman–Crippen MR) is 130 cm³/mol. The summed E-state index contributed by atoms with van der Waals surface area (Å²) in [5.41, 5.74) is 1.62. The molecule has 0 unspecified atom stereocenters. The minimum absolute atomic E-state index is 0.233. The van der Waals surface area contributed by atoms with Crippen molar-refractivity contribution in [2.75, 3.05) is 6.61 Å². The van der Waals surface area contributed by atoms with Gasteiger partial charge in [-0.3, -0.25) is 4.79 Å². The van der Waals surface area contributed by atoms with Crippen molar-refractivity contribution in [2.24, 2.45) is 0 Å². The summed E-state index contributed by atoms with van der Waals surface area (Å²) in [5, 5.41) is 1.14. The fraction of sp³-hybridized carbons (Fsp3) is 0.385. The Kier molecular flexibility index (Phi) is 8.95. The molecule has 1 saturated heterocycles. The summed E-state index contributed by atoms with van der Waals surface area (Å²) in [7, 11) is 0. The number of amides is 1. The number of halogens is 2. The second-order valence-electron chi connectivity index (χ2n) is 7.92. The first-order valence-corrected chi connectivity index (χ1v) is 11.9. The van der Waals surface area contributed by atoms with Crippen LogP contribution in [0.15, 0.2) is 61.2 Å². The highest BCUT2D eigenvalue weighted by atomic mass is 35.5. The lowest BCUT2D eigenvalue weighted by Crippen LogP contribution is -2.57. The molecule has 5 nitrogen and oxygen atoms in total. The number of hydrogen-bond acceptors (Lipinski definition) is 4. The summed E-state index contributed by atoms with van der Waals surface area (Å²) in [5.74, 6) is -0.685. The Morgan fingerprint density at radius 3 is 2.48 bits per heavy atom. The van der Waals surface area contributed by atoms with Crippen LogP contribution in [-0.4, -0.2) is 35.5 Å². The van der Waals surface area contributed by atoms with Gasteiger partial charge in [0.15, 0.2) is 0 Å². The molecule has 0 spiro atoms. The molecule has 0 aromatic heterocycles. The summed E-state index contributed by atoms with van der Waals surface area (Å²) >= 11 is 12.4. The van der Waals surface area contributed by atoms with Crippen molar-refractivity contribution in [2.45, 2.75) is 57.4 Å². The standard InChI is InChI=1S/C26H29Cl2NO4/c1-4-8-21(26(31)32-6-3)29-23(17-12-14-19(27)15-13-17)24(18-10-7-11-20(28)16-18)33-22(9-5-2)25(29)30/h5,7,10-16,21-24H,2,4,6,8-9H2,1,3H3/t21-,22+,23-,24+/m1/s1. The molecule has 0 aliphatic carbocycles. The van der Waals surface area contributed by atoms with Gasteiger partial charge in [-0.15, -0.1) is 6.58 Å². The first-order chi connectivity index (χ1) is 15.9. The van der Waals surface area contributed by atoms with E-state index in [1.165, 1.54) is 0 Å². The molecule has 1 heterocycles. The van der Waals surface area contributed by atoms with E-state index in [0.29, 0.717) is 29.3 Å². The van der Waals surface area contributed by atoms with Crippen LogP contribution < -0.4 is 0 Å². The molecule has 2 aromatic carbocycles. The Balaban J connectivity index is 2.20. The van der Waals surface area contributed by atoms with Crippen molar-refractivity contribution < 1.29 is 19.1 Å². The molecule has 1 aliphatic rings. The van der Waals surface area contributed by atoms with Crippen molar-refractivity contribution in [1.82, 2.24) is 4.90 Å². The first-order valence-electron chi connectivity index (χ1n) is 11.2. The van der Waals surface area contributed by atoms with Crippen molar-refractivity contribution in [3.05, 3.63) is 82.4 Å². The van der Waals surface area contributed by atoms with Gasteiger partial charge in [-0.2, -0.15) is 0 Å². The molecule has 3 rings (SSSR count). The number of morpholine rings is 1. The first kappa shape index (κ1) is 25.3. The third-order valence-corrected chi connectivity index (χ3v) is 6.14. The Hall–Kier alpha value is -2.34. The lowest BCUT2D eigenvalue weighted by atomic mass is 9.89. The number of carbonyl (C=O) groups excluding carboxylic acids is 2. The third-order valence-electron chi connectivity index (χ3n) is 5.65. The highest BCUT2D eigenvalue weighted by Gasteiger charge is 2.48. The van der Waals surface area contributed by atoms with Crippen LogP contribution in [0.4, 0.5) is 0 Å². The van der Waals surface area contributed by atoms with Gasteiger partial charge in [0.1, 0.15) is 18.2 Å². The Morgan fingerprint density at radius 2 is 1.88 bits per heavy atom. The lowest BCUT2D eigenvalue weighted by molar-refractivity contribution is -0.185. The van der Waals surface area contributed by atoms with E-state index in [0.717, 1.165) is 11.1 Å². The highest BCUT2D eigenvalue weighted by Crippen LogP contribution is 2.45. The number of benzene rings is 2. The van der Waals surface area contributed by atoms with Crippen LogP contribution in [0.25, 0.3) is 0 Å². The topological polar surface area (TPSA) is 55.8 Å². The van der Waals surface area contributed by atoms with Crippen molar-refractivity contribution in [1.29, 1.82) is 0 Å². The maximum atomic E-state index is 13.7. The molecule has 4 atom stereocenters. The average Bonchev–Trinajstić information content (AvgIpc) is 2.80. The van der Waals surface area contributed by atoms with Gasteiger partial charge in [-0.25, -0.2) is 4.79 Å². The number of ether oxygens (including phenoxy) is 2. The Bertz CT molecular complexity index is 979. The molecule has 1 amide bonds. The SMILES string of the molecule is C=CC[C@@H]1O[C@@H](c2cccc(Cl)c2)[C@@H](c2ccc(Cl)cc2)N([C@H](CCC)C(=O)OCC)C1=O. The van der Waals surface area contributed by atoms with Crippen LogP contribution in [0.2, 0.25) is 10.0 Å². The monoisotopic (exact) mass is 489 g/mol. The van der Waals surface area contributed by atoms with Gasteiger partial charge in [-0.05, 0) is 48.7 Å². The van der Waals surface area contributed by atoms with Crippen LogP contribution >= 0.6 is 23.2 Å². The molecule has 2 aromatic rings. The van der Waals surface area contributed by atoms with Crippen LogP contribution in [0.5, 0.6) is 0 Å². The maximum absolute atomic E-state index is 13.7. The summed E-state index contributed by atoms with van der Waals surface area (Å²) in [4.78, 5) is 28.4. The largest absolute Gasteiger partial charge is 0.464 e. The molecule has 0 bridgehead atoms. The van der Waals surface area contributed by atoms with E-state index in [4.69, 9.17) is 32.7 Å². The fourth-order valence-electron chi connectivity index (χ4n) is 4.24. The molecule has 176 valence electrons. The van der Waals surface area contributed by atoms with E-state index in [2.05, 4.69) is 6.58 Å². The molecular formula is C26H29Cl2NO4. The minimum atomic E-state index is -0.774. The van der Waals surface area contributed by atoms with Crippen LogP contribution in [0.1, 0.15) is 56.4 Å². The lowest BCUT2D eigenvalue weighted by Gasteiger charge is -2.47. The van der Waals surface area contributed by atoms with Gasteiger partial charge in [0.05, 0.1) is 12.6 Å². The molecule has 0 saturated carbocycles. The molecule has 0 N–H and O–H groups in total. The predicted octanol–water partition coefficient (Wildman–Crippen LogP) is 6.31. The summed E-state index contributed by atoms with van der Waals surface area (Å²) in [6, 6.07) is 13.3. The van der Waals surface area contributed by atoms with Crippen LogP contribution in [-0.2, 0) is 19.1 Å². The van der Waals surface area contributed by atoms with E-state index >= 15 is 0 Å². The molecule has 33 heavy (non-hydrogen) atoms. The molecule has 0 radical (unpaired) electrons. The van der Waals surface area contributed by atoms with Gasteiger partial charge in [0.2, 0.25) is 0 Å². The zero-order valence-corrected chi connectivity index (χ0v) is 20.4. The smallest absolute Gasteiger partial charge is 0.328 e. The molecule has 7 heteroatoms. The van der Waals surface area contributed by atoms with E-state index in [1.807, 2.05) is 37.3 Å². The normalized spacial score (nSPS) is 21.5. The zero-order chi connectivity index (χ0) is 24.0. The van der Waals surface area contributed by atoms with E-state index in [9.17, 15) is 9.59 Å². The number of esters is 1. The van der Waals surface area contributed by atoms with Crippen molar-refractivity contribution in [3.63, 3.8) is 0 Å².